The maximum Gasteiger partial charge on any atom is 0.290 e. The number of amides is 2. The SMILES string of the molecule is O=C(NC1CCC(C(=O)N2CCC(O)CC2)CC1)c1cccc(-c2ccccc2)c1.O=CO. The van der Waals surface area contributed by atoms with Crippen molar-refractivity contribution in [3.05, 3.63) is 60.2 Å². The van der Waals surface area contributed by atoms with Crippen molar-refractivity contribution >= 4 is 18.3 Å². The number of rotatable bonds is 4. The molecule has 7 nitrogen and oxygen atoms in total. The highest BCUT2D eigenvalue weighted by atomic mass is 16.3. The summed E-state index contributed by atoms with van der Waals surface area (Å²) in [5.41, 5.74) is 2.79. The minimum absolute atomic E-state index is 0.0485. The Hall–Kier alpha value is -3.19. The van der Waals surface area contributed by atoms with E-state index in [1.54, 1.807) is 0 Å². The van der Waals surface area contributed by atoms with Gasteiger partial charge in [0, 0.05) is 30.6 Å². The summed E-state index contributed by atoms with van der Waals surface area (Å²) in [4.78, 5) is 35.8. The fourth-order valence-corrected chi connectivity index (χ4v) is 4.57. The van der Waals surface area contributed by atoms with Gasteiger partial charge in [0.25, 0.3) is 12.4 Å². The number of benzene rings is 2. The highest BCUT2D eigenvalue weighted by molar-refractivity contribution is 5.95. The second-order valence-electron chi connectivity index (χ2n) is 8.63. The van der Waals surface area contributed by atoms with Crippen LogP contribution >= 0.6 is 0 Å². The number of likely N-dealkylation sites (tertiary alicyclic amines) is 1. The lowest BCUT2D eigenvalue weighted by molar-refractivity contribution is -0.138. The maximum absolute atomic E-state index is 12.8. The number of carboxylic acid groups (broad SMARTS) is 1. The Kier molecular flexibility index (Phi) is 9.01. The zero-order valence-corrected chi connectivity index (χ0v) is 18.7. The second-order valence-corrected chi connectivity index (χ2v) is 8.63. The summed E-state index contributed by atoms with van der Waals surface area (Å²) >= 11 is 0. The zero-order chi connectivity index (χ0) is 23.6. The summed E-state index contributed by atoms with van der Waals surface area (Å²) in [7, 11) is 0. The second kappa shape index (κ2) is 12.2. The maximum atomic E-state index is 12.8. The number of carbonyl (C=O) groups excluding carboxylic acids is 2. The summed E-state index contributed by atoms with van der Waals surface area (Å²) in [6.45, 7) is 1.07. The van der Waals surface area contributed by atoms with Crippen LogP contribution < -0.4 is 5.32 Å². The molecule has 1 saturated heterocycles. The number of hydrogen-bond donors (Lipinski definition) is 3. The fourth-order valence-electron chi connectivity index (χ4n) is 4.57. The molecule has 7 heteroatoms. The summed E-state index contributed by atoms with van der Waals surface area (Å²) in [6, 6.07) is 17.9. The van der Waals surface area contributed by atoms with Gasteiger partial charge in [0.2, 0.25) is 5.91 Å². The predicted octanol–water partition coefficient (Wildman–Crippen LogP) is 3.33. The van der Waals surface area contributed by atoms with Crippen LogP contribution in [0.15, 0.2) is 54.6 Å². The molecule has 33 heavy (non-hydrogen) atoms. The minimum Gasteiger partial charge on any atom is -0.483 e. The van der Waals surface area contributed by atoms with Crippen molar-refractivity contribution in [3.63, 3.8) is 0 Å². The molecule has 0 aromatic heterocycles. The lowest BCUT2D eigenvalue weighted by Gasteiger charge is -2.35. The summed E-state index contributed by atoms with van der Waals surface area (Å²) < 4.78 is 0. The van der Waals surface area contributed by atoms with Gasteiger partial charge >= 0.3 is 0 Å². The molecular formula is C26H32N2O5. The van der Waals surface area contributed by atoms with Crippen LogP contribution in [0, 0.1) is 5.92 Å². The van der Waals surface area contributed by atoms with Crippen LogP contribution in [0.2, 0.25) is 0 Å². The number of aliphatic hydroxyl groups excluding tert-OH is 1. The average Bonchev–Trinajstić information content (AvgIpc) is 2.86. The molecule has 2 fully saturated rings. The molecule has 1 aliphatic carbocycles. The van der Waals surface area contributed by atoms with Crippen molar-refractivity contribution in [1.82, 2.24) is 10.2 Å². The predicted molar refractivity (Wildman–Crippen MR) is 126 cm³/mol. The number of hydrogen-bond acceptors (Lipinski definition) is 4. The Bertz CT molecular complexity index is 917. The molecule has 1 heterocycles. The van der Waals surface area contributed by atoms with Gasteiger partial charge in [-0.15, -0.1) is 0 Å². The third-order valence-electron chi connectivity index (χ3n) is 6.42. The van der Waals surface area contributed by atoms with Gasteiger partial charge in [-0.2, -0.15) is 0 Å². The van der Waals surface area contributed by atoms with Crippen molar-refractivity contribution in [2.24, 2.45) is 5.92 Å². The molecule has 2 aliphatic rings. The summed E-state index contributed by atoms with van der Waals surface area (Å²) in [5, 5.41) is 19.7. The van der Waals surface area contributed by atoms with Gasteiger partial charge in [-0.3, -0.25) is 14.4 Å². The Morgan fingerprint density at radius 3 is 2.12 bits per heavy atom. The van der Waals surface area contributed by atoms with Gasteiger partial charge < -0.3 is 20.4 Å². The standard InChI is InChI=1S/C25H30N2O3.CH2O2/c28-23-13-15-27(16-14-23)25(30)19-9-11-22(12-10-19)26-24(29)21-8-4-7-20(17-21)18-5-2-1-3-6-18;2-1-3/h1-8,17,19,22-23,28H,9-16H2,(H,26,29);1H,(H,2,3). The molecule has 2 aromatic carbocycles. The van der Waals surface area contributed by atoms with E-state index >= 15 is 0 Å². The van der Waals surface area contributed by atoms with Crippen LogP contribution in [-0.4, -0.2) is 58.6 Å². The van der Waals surface area contributed by atoms with E-state index in [2.05, 4.69) is 5.32 Å². The number of carbonyl (C=O) groups is 3. The van der Waals surface area contributed by atoms with E-state index < -0.39 is 0 Å². The van der Waals surface area contributed by atoms with Gasteiger partial charge in [0.05, 0.1) is 6.10 Å². The molecule has 3 N–H and O–H groups in total. The quantitative estimate of drug-likeness (QED) is 0.617. The molecule has 0 atom stereocenters. The van der Waals surface area contributed by atoms with E-state index in [1.807, 2.05) is 59.5 Å². The molecule has 1 saturated carbocycles. The number of piperidine rings is 1. The molecule has 0 unspecified atom stereocenters. The highest BCUT2D eigenvalue weighted by Crippen LogP contribution is 2.28. The number of nitrogens with zero attached hydrogens (tertiary/aromatic N) is 1. The molecule has 0 bridgehead atoms. The Balaban J connectivity index is 0.000000968. The van der Waals surface area contributed by atoms with Crippen LogP contribution in [0.25, 0.3) is 11.1 Å². The van der Waals surface area contributed by atoms with Crippen molar-refractivity contribution in [2.75, 3.05) is 13.1 Å². The Labute approximate surface area is 194 Å². The first-order chi connectivity index (χ1) is 16.0. The van der Waals surface area contributed by atoms with Crippen molar-refractivity contribution in [1.29, 1.82) is 0 Å². The lowest BCUT2D eigenvalue weighted by Crippen LogP contribution is -2.45. The van der Waals surface area contributed by atoms with E-state index in [0.717, 1.165) is 36.8 Å². The van der Waals surface area contributed by atoms with E-state index in [0.29, 0.717) is 31.5 Å². The van der Waals surface area contributed by atoms with Crippen LogP contribution in [0.5, 0.6) is 0 Å². The van der Waals surface area contributed by atoms with E-state index in [-0.39, 0.29) is 36.4 Å². The monoisotopic (exact) mass is 452 g/mol. The van der Waals surface area contributed by atoms with Gasteiger partial charge in [-0.1, -0.05) is 42.5 Å². The molecule has 2 aromatic rings. The van der Waals surface area contributed by atoms with Gasteiger partial charge in [-0.05, 0) is 61.8 Å². The lowest BCUT2D eigenvalue weighted by atomic mass is 9.84. The highest BCUT2D eigenvalue weighted by Gasteiger charge is 2.31. The third-order valence-corrected chi connectivity index (χ3v) is 6.42. The first kappa shape index (κ1) is 24.5. The third kappa shape index (κ3) is 6.89. The van der Waals surface area contributed by atoms with E-state index in [9.17, 15) is 14.7 Å². The van der Waals surface area contributed by atoms with Gasteiger partial charge in [-0.25, -0.2) is 0 Å². The fraction of sp³-hybridized carbons (Fsp3) is 0.423. The molecule has 0 radical (unpaired) electrons. The molecule has 0 spiro atoms. The number of aliphatic hydroxyl groups is 1. The summed E-state index contributed by atoms with van der Waals surface area (Å²) in [6.07, 6.45) is 4.38. The van der Waals surface area contributed by atoms with Crippen LogP contribution in [0.4, 0.5) is 0 Å². The van der Waals surface area contributed by atoms with Crippen molar-refractivity contribution in [2.45, 2.75) is 50.7 Å². The van der Waals surface area contributed by atoms with E-state index in [1.165, 1.54) is 0 Å². The van der Waals surface area contributed by atoms with Gasteiger partial charge in [0.1, 0.15) is 0 Å². The summed E-state index contributed by atoms with van der Waals surface area (Å²) in [5.74, 6) is 0.226. The Morgan fingerprint density at radius 1 is 0.879 bits per heavy atom. The largest absolute Gasteiger partial charge is 0.483 e. The minimum atomic E-state index is -0.264. The van der Waals surface area contributed by atoms with Crippen LogP contribution in [0.3, 0.4) is 0 Å². The Morgan fingerprint density at radius 2 is 1.48 bits per heavy atom. The van der Waals surface area contributed by atoms with Gasteiger partial charge in [0.15, 0.2) is 0 Å². The topological polar surface area (TPSA) is 107 Å². The number of nitrogens with one attached hydrogen (secondary N) is 1. The first-order valence-electron chi connectivity index (χ1n) is 11.5. The normalized spacial score (nSPS) is 20.8. The zero-order valence-electron chi connectivity index (χ0n) is 18.7. The molecular weight excluding hydrogens is 420 g/mol. The van der Waals surface area contributed by atoms with Crippen LogP contribution in [0.1, 0.15) is 48.9 Å². The van der Waals surface area contributed by atoms with Crippen molar-refractivity contribution in [3.8, 4) is 11.1 Å². The molecule has 2 amide bonds. The molecule has 1 aliphatic heterocycles. The van der Waals surface area contributed by atoms with E-state index in [4.69, 9.17) is 9.90 Å². The molecule has 4 rings (SSSR count). The van der Waals surface area contributed by atoms with Crippen LogP contribution in [-0.2, 0) is 9.59 Å². The smallest absolute Gasteiger partial charge is 0.290 e. The van der Waals surface area contributed by atoms with Crippen molar-refractivity contribution < 1.29 is 24.6 Å². The molecule has 176 valence electrons. The first-order valence-corrected chi connectivity index (χ1v) is 11.5. The average molecular weight is 453 g/mol.